The molecule has 0 saturated heterocycles. The number of fused-ring (bicyclic) bond motifs is 1. The van der Waals surface area contributed by atoms with Crippen molar-refractivity contribution in [1.29, 1.82) is 0 Å². The van der Waals surface area contributed by atoms with Crippen LogP contribution in [0.1, 0.15) is 30.1 Å². The van der Waals surface area contributed by atoms with Crippen molar-refractivity contribution in [2.45, 2.75) is 31.5 Å². The van der Waals surface area contributed by atoms with Gasteiger partial charge in [0.1, 0.15) is 0 Å². The van der Waals surface area contributed by atoms with Crippen LogP contribution in [0.5, 0.6) is 0 Å². The number of rotatable bonds is 5. The van der Waals surface area contributed by atoms with Crippen molar-refractivity contribution in [3.63, 3.8) is 0 Å². The summed E-state index contributed by atoms with van der Waals surface area (Å²) in [4.78, 5) is 0. The van der Waals surface area contributed by atoms with Gasteiger partial charge in [0, 0.05) is 13.1 Å². The lowest BCUT2D eigenvalue weighted by Crippen LogP contribution is -2.33. The lowest BCUT2D eigenvalue weighted by molar-refractivity contribution is 0.0394. The summed E-state index contributed by atoms with van der Waals surface area (Å²) >= 11 is 0. The SMILES string of the molecule is OC(CNCC1OCCc2ccccc21)C1CC1. The highest BCUT2D eigenvalue weighted by molar-refractivity contribution is 5.31. The first-order valence-electron chi connectivity index (χ1n) is 6.93. The minimum atomic E-state index is -0.177. The van der Waals surface area contributed by atoms with Crippen LogP contribution in [-0.4, -0.2) is 30.9 Å². The first kappa shape index (κ1) is 12.2. The van der Waals surface area contributed by atoms with Crippen LogP contribution in [0, 0.1) is 5.92 Å². The van der Waals surface area contributed by atoms with Crippen LogP contribution < -0.4 is 5.32 Å². The van der Waals surface area contributed by atoms with Crippen molar-refractivity contribution < 1.29 is 9.84 Å². The van der Waals surface area contributed by atoms with E-state index < -0.39 is 0 Å². The van der Waals surface area contributed by atoms with E-state index in [0.29, 0.717) is 12.5 Å². The molecule has 2 atom stereocenters. The molecule has 3 rings (SSSR count). The number of ether oxygens (including phenoxy) is 1. The first-order chi connectivity index (χ1) is 8.84. The molecule has 1 aliphatic heterocycles. The maximum absolute atomic E-state index is 9.81. The molecular formula is C15H21NO2. The molecule has 3 heteroatoms. The zero-order chi connectivity index (χ0) is 12.4. The second-order valence-electron chi connectivity index (χ2n) is 5.37. The summed E-state index contributed by atoms with van der Waals surface area (Å²) < 4.78 is 5.82. The number of hydrogen-bond donors (Lipinski definition) is 2. The van der Waals surface area contributed by atoms with E-state index in [1.807, 2.05) is 0 Å². The van der Waals surface area contributed by atoms with Gasteiger partial charge >= 0.3 is 0 Å². The van der Waals surface area contributed by atoms with Gasteiger partial charge in [-0.1, -0.05) is 24.3 Å². The Hall–Kier alpha value is -0.900. The molecule has 0 aromatic heterocycles. The molecule has 3 nitrogen and oxygen atoms in total. The number of benzene rings is 1. The summed E-state index contributed by atoms with van der Waals surface area (Å²) in [5, 5.41) is 13.2. The van der Waals surface area contributed by atoms with Crippen molar-refractivity contribution in [2.24, 2.45) is 5.92 Å². The number of nitrogens with one attached hydrogen (secondary N) is 1. The fourth-order valence-corrected chi connectivity index (χ4v) is 2.66. The molecular weight excluding hydrogens is 226 g/mol. The second-order valence-corrected chi connectivity index (χ2v) is 5.37. The predicted molar refractivity (Wildman–Crippen MR) is 70.4 cm³/mol. The van der Waals surface area contributed by atoms with Gasteiger partial charge in [-0.2, -0.15) is 0 Å². The standard InChI is InChI=1S/C15H21NO2/c17-14(12-5-6-12)9-16-10-15-13-4-2-1-3-11(13)7-8-18-15/h1-4,12,14-17H,5-10H2. The molecule has 1 heterocycles. The molecule has 0 amide bonds. The zero-order valence-corrected chi connectivity index (χ0v) is 10.6. The minimum Gasteiger partial charge on any atom is -0.392 e. The molecule has 0 bridgehead atoms. The third-order valence-electron chi connectivity index (χ3n) is 3.94. The van der Waals surface area contributed by atoms with Crippen molar-refractivity contribution in [2.75, 3.05) is 19.7 Å². The Morgan fingerprint density at radius 2 is 2.17 bits per heavy atom. The van der Waals surface area contributed by atoms with E-state index in [-0.39, 0.29) is 12.2 Å². The predicted octanol–water partition coefficient (Wildman–Crippen LogP) is 1.66. The van der Waals surface area contributed by atoms with Gasteiger partial charge in [-0.3, -0.25) is 0 Å². The Balaban J connectivity index is 1.53. The Morgan fingerprint density at radius 3 is 3.00 bits per heavy atom. The van der Waals surface area contributed by atoms with Crippen LogP contribution in [-0.2, 0) is 11.2 Å². The monoisotopic (exact) mass is 247 g/mol. The van der Waals surface area contributed by atoms with Crippen molar-refractivity contribution in [3.05, 3.63) is 35.4 Å². The molecule has 1 fully saturated rings. The molecule has 1 aliphatic carbocycles. The molecule has 1 saturated carbocycles. The van der Waals surface area contributed by atoms with Gasteiger partial charge < -0.3 is 15.2 Å². The van der Waals surface area contributed by atoms with E-state index in [0.717, 1.165) is 19.6 Å². The molecule has 2 N–H and O–H groups in total. The Kier molecular flexibility index (Phi) is 3.64. The van der Waals surface area contributed by atoms with Gasteiger partial charge in [-0.25, -0.2) is 0 Å². The highest BCUT2D eigenvalue weighted by Crippen LogP contribution is 2.32. The smallest absolute Gasteiger partial charge is 0.0952 e. The Morgan fingerprint density at radius 1 is 1.33 bits per heavy atom. The van der Waals surface area contributed by atoms with E-state index in [4.69, 9.17) is 4.74 Å². The zero-order valence-electron chi connectivity index (χ0n) is 10.6. The Bertz CT molecular complexity index is 403. The van der Waals surface area contributed by atoms with Crippen LogP contribution >= 0.6 is 0 Å². The average Bonchev–Trinajstić information content (AvgIpc) is 3.23. The van der Waals surface area contributed by atoms with E-state index in [9.17, 15) is 5.11 Å². The van der Waals surface area contributed by atoms with Gasteiger partial charge in [0.25, 0.3) is 0 Å². The van der Waals surface area contributed by atoms with Gasteiger partial charge in [-0.15, -0.1) is 0 Å². The summed E-state index contributed by atoms with van der Waals surface area (Å²) in [6, 6.07) is 8.49. The summed E-state index contributed by atoms with van der Waals surface area (Å²) in [6.45, 7) is 2.28. The second kappa shape index (κ2) is 5.39. The van der Waals surface area contributed by atoms with Gasteiger partial charge in [0.05, 0.1) is 18.8 Å². The fourth-order valence-electron chi connectivity index (χ4n) is 2.66. The molecule has 1 aromatic carbocycles. The summed E-state index contributed by atoms with van der Waals surface area (Å²) in [6.07, 6.45) is 3.35. The van der Waals surface area contributed by atoms with Crippen molar-refractivity contribution in [1.82, 2.24) is 5.32 Å². The molecule has 0 spiro atoms. The minimum absolute atomic E-state index is 0.140. The molecule has 2 aliphatic rings. The number of hydrogen-bond acceptors (Lipinski definition) is 3. The fraction of sp³-hybridized carbons (Fsp3) is 0.600. The third-order valence-corrected chi connectivity index (χ3v) is 3.94. The van der Waals surface area contributed by atoms with Gasteiger partial charge in [0.2, 0.25) is 0 Å². The molecule has 2 unspecified atom stereocenters. The van der Waals surface area contributed by atoms with Crippen LogP contribution in [0.4, 0.5) is 0 Å². The summed E-state index contributed by atoms with van der Waals surface area (Å²) in [5.74, 6) is 0.539. The van der Waals surface area contributed by atoms with Crippen LogP contribution in [0.25, 0.3) is 0 Å². The van der Waals surface area contributed by atoms with Gasteiger partial charge in [0.15, 0.2) is 0 Å². The van der Waals surface area contributed by atoms with Gasteiger partial charge in [-0.05, 0) is 36.3 Å². The Labute approximate surface area is 108 Å². The lowest BCUT2D eigenvalue weighted by Gasteiger charge is -2.26. The quantitative estimate of drug-likeness (QED) is 0.831. The molecule has 98 valence electrons. The largest absolute Gasteiger partial charge is 0.392 e. The van der Waals surface area contributed by atoms with E-state index >= 15 is 0 Å². The van der Waals surface area contributed by atoms with E-state index in [2.05, 4.69) is 29.6 Å². The summed E-state index contributed by atoms with van der Waals surface area (Å²) in [5.41, 5.74) is 2.70. The highest BCUT2D eigenvalue weighted by atomic mass is 16.5. The maximum Gasteiger partial charge on any atom is 0.0952 e. The third kappa shape index (κ3) is 2.74. The molecule has 1 aromatic rings. The van der Waals surface area contributed by atoms with E-state index in [1.165, 1.54) is 24.0 Å². The van der Waals surface area contributed by atoms with Crippen molar-refractivity contribution in [3.8, 4) is 0 Å². The highest BCUT2D eigenvalue weighted by Gasteiger charge is 2.29. The maximum atomic E-state index is 9.81. The van der Waals surface area contributed by atoms with E-state index in [1.54, 1.807) is 0 Å². The van der Waals surface area contributed by atoms with Crippen molar-refractivity contribution >= 4 is 0 Å². The summed E-state index contributed by atoms with van der Waals surface area (Å²) in [7, 11) is 0. The first-order valence-corrected chi connectivity index (χ1v) is 6.93. The molecule has 0 radical (unpaired) electrons. The number of aliphatic hydroxyl groups excluding tert-OH is 1. The van der Waals surface area contributed by atoms with Crippen LogP contribution in [0.2, 0.25) is 0 Å². The van der Waals surface area contributed by atoms with Crippen LogP contribution in [0.3, 0.4) is 0 Å². The van der Waals surface area contributed by atoms with Crippen LogP contribution in [0.15, 0.2) is 24.3 Å². The normalized spacial score (nSPS) is 24.6. The number of aliphatic hydroxyl groups is 1. The molecule has 18 heavy (non-hydrogen) atoms. The average molecular weight is 247 g/mol. The lowest BCUT2D eigenvalue weighted by atomic mass is 9.97. The topological polar surface area (TPSA) is 41.5 Å².